The van der Waals surface area contributed by atoms with E-state index in [1.807, 2.05) is 6.07 Å². The molecule has 3 amide bonds. The molecule has 3 rings (SSSR count). The lowest BCUT2D eigenvalue weighted by molar-refractivity contribution is -0.119. The van der Waals surface area contributed by atoms with Gasteiger partial charge in [-0.05, 0) is 35.5 Å². The van der Waals surface area contributed by atoms with Crippen LogP contribution in [0, 0.1) is 0 Å². The summed E-state index contributed by atoms with van der Waals surface area (Å²) in [4.78, 5) is 24.2. The summed E-state index contributed by atoms with van der Waals surface area (Å²) >= 11 is 1.05. The van der Waals surface area contributed by atoms with Crippen LogP contribution in [0.1, 0.15) is 10.8 Å². The van der Waals surface area contributed by atoms with E-state index in [2.05, 4.69) is 20.8 Å². The highest BCUT2D eigenvalue weighted by Crippen LogP contribution is 2.37. The molecule has 9 nitrogen and oxygen atoms in total. The number of benzene rings is 2. The molecular formula is C20H20N4O5S. The first-order valence-electron chi connectivity index (χ1n) is 8.85. The lowest BCUT2D eigenvalue weighted by Crippen LogP contribution is -2.39. The summed E-state index contributed by atoms with van der Waals surface area (Å²) in [5.41, 5.74) is 1.33. The summed E-state index contributed by atoms with van der Waals surface area (Å²) in [5.74, 6) is 0.855. The Morgan fingerprint density at radius 3 is 2.43 bits per heavy atom. The monoisotopic (exact) mass is 428 g/mol. The average Bonchev–Trinajstić information content (AvgIpc) is 3.26. The topological polar surface area (TPSA) is 116 Å². The molecule has 0 aliphatic heterocycles. The van der Waals surface area contributed by atoms with E-state index >= 15 is 0 Å². The van der Waals surface area contributed by atoms with E-state index in [4.69, 9.17) is 13.9 Å². The molecule has 0 aliphatic carbocycles. The number of urea groups is 1. The maximum absolute atomic E-state index is 12.6. The third kappa shape index (κ3) is 4.90. The Morgan fingerprint density at radius 1 is 1.03 bits per heavy atom. The zero-order valence-corrected chi connectivity index (χ0v) is 17.4. The second-order valence-corrected chi connectivity index (χ2v) is 6.98. The van der Waals surface area contributed by atoms with Gasteiger partial charge in [0.1, 0.15) is 5.25 Å². The number of imide groups is 1. The lowest BCUT2D eigenvalue weighted by Gasteiger charge is -2.14. The van der Waals surface area contributed by atoms with Crippen molar-refractivity contribution in [2.75, 3.05) is 21.3 Å². The van der Waals surface area contributed by atoms with E-state index in [9.17, 15) is 9.59 Å². The number of carbonyl (C=O) groups is 2. The number of amides is 3. The minimum atomic E-state index is -0.762. The molecule has 0 radical (unpaired) electrons. The summed E-state index contributed by atoms with van der Waals surface area (Å²) in [6.07, 6.45) is 0. The van der Waals surface area contributed by atoms with Crippen molar-refractivity contribution in [2.24, 2.45) is 0 Å². The molecule has 2 N–H and O–H groups in total. The lowest BCUT2D eigenvalue weighted by atomic mass is 10.1. The van der Waals surface area contributed by atoms with Gasteiger partial charge in [0.05, 0.1) is 14.2 Å². The van der Waals surface area contributed by atoms with Crippen LogP contribution in [-0.2, 0) is 4.79 Å². The van der Waals surface area contributed by atoms with Gasteiger partial charge in [-0.2, -0.15) is 0 Å². The zero-order valence-electron chi connectivity index (χ0n) is 16.5. The first-order chi connectivity index (χ1) is 14.5. The Kier molecular flexibility index (Phi) is 6.91. The summed E-state index contributed by atoms with van der Waals surface area (Å²) in [6, 6.07) is 13.6. The molecule has 3 aromatic rings. The highest BCUT2D eigenvalue weighted by atomic mass is 32.2. The van der Waals surface area contributed by atoms with Crippen LogP contribution in [0.3, 0.4) is 0 Å². The molecular weight excluding hydrogens is 408 g/mol. The molecule has 1 aromatic heterocycles. The van der Waals surface area contributed by atoms with Crippen LogP contribution < -0.4 is 20.1 Å². The molecule has 10 heteroatoms. The fourth-order valence-electron chi connectivity index (χ4n) is 2.58. The van der Waals surface area contributed by atoms with Gasteiger partial charge in [0, 0.05) is 12.6 Å². The van der Waals surface area contributed by atoms with E-state index in [1.54, 1.807) is 49.6 Å². The molecule has 0 fully saturated rings. The van der Waals surface area contributed by atoms with Crippen molar-refractivity contribution in [3.05, 3.63) is 54.1 Å². The molecule has 0 aliphatic rings. The van der Waals surface area contributed by atoms with Gasteiger partial charge < -0.3 is 19.2 Å². The van der Waals surface area contributed by atoms with Gasteiger partial charge in [0.2, 0.25) is 11.8 Å². The second kappa shape index (κ2) is 9.79. The summed E-state index contributed by atoms with van der Waals surface area (Å²) in [7, 11) is 4.51. The van der Waals surface area contributed by atoms with Gasteiger partial charge in [-0.25, -0.2) is 4.79 Å². The Morgan fingerprint density at radius 2 is 1.77 bits per heavy atom. The van der Waals surface area contributed by atoms with Crippen LogP contribution >= 0.6 is 11.8 Å². The Hall–Kier alpha value is -3.53. The van der Waals surface area contributed by atoms with Crippen molar-refractivity contribution in [3.8, 4) is 23.0 Å². The van der Waals surface area contributed by atoms with E-state index in [0.29, 0.717) is 22.6 Å². The van der Waals surface area contributed by atoms with E-state index in [0.717, 1.165) is 11.8 Å². The van der Waals surface area contributed by atoms with Crippen molar-refractivity contribution in [1.29, 1.82) is 0 Å². The van der Waals surface area contributed by atoms with E-state index < -0.39 is 17.2 Å². The fraction of sp³-hybridized carbons (Fsp3) is 0.200. The number of nitrogens with zero attached hydrogens (tertiary/aromatic N) is 2. The smallest absolute Gasteiger partial charge is 0.321 e. The van der Waals surface area contributed by atoms with Crippen molar-refractivity contribution in [1.82, 2.24) is 20.8 Å². The number of hydrogen-bond acceptors (Lipinski definition) is 8. The van der Waals surface area contributed by atoms with Crippen LogP contribution in [0.5, 0.6) is 11.5 Å². The summed E-state index contributed by atoms with van der Waals surface area (Å²) < 4.78 is 16.3. The van der Waals surface area contributed by atoms with Gasteiger partial charge in [-0.3, -0.25) is 10.1 Å². The van der Waals surface area contributed by atoms with Crippen molar-refractivity contribution < 1.29 is 23.5 Å². The number of nitrogens with one attached hydrogen (secondary N) is 2. The molecule has 30 heavy (non-hydrogen) atoms. The minimum Gasteiger partial charge on any atom is -0.493 e. The number of carbonyl (C=O) groups excluding carboxylic acids is 2. The third-order valence-corrected chi connectivity index (χ3v) is 5.15. The SMILES string of the molecule is CNC(=O)NC(=O)[C@@H](Sc1nnc(-c2ccc(OC)c(OC)c2)o1)c1ccccc1. The molecule has 0 bridgehead atoms. The normalized spacial score (nSPS) is 11.4. The Labute approximate surface area is 177 Å². The van der Waals surface area contributed by atoms with Crippen LogP contribution in [-0.4, -0.2) is 43.4 Å². The fourth-order valence-corrected chi connectivity index (χ4v) is 3.46. The molecule has 0 unspecified atom stereocenters. The summed E-state index contributed by atoms with van der Waals surface area (Å²) in [5, 5.41) is 12.1. The average molecular weight is 428 g/mol. The molecule has 2 aromatic carbocycles. The van der Waals surface area contributed by atoms with Crippen LogP contribution in [0.15, 0.2) is 58.2 Å². The Balaban J connectivity index is 1.85. The number of rotatable bonds is 7. The van der Waals surface area contributed by atoms with Crippen molar-refractivity contribution >= 4 is 23.7 Å². The van der Waals surface area contributed by atoms with Gasteiger partial charge in [0.25, 0.3) is 5.22 Å². The standard InChI is InChI=1S/C20H20N4O5S/c1-21-19(26)22-17(25)16(12-7-5-4-6-8-12)30-20-24-23-18(29-20)13-9-10-14(27-2)15(11-13)28-3/h4-11,16H,1-3H3,(H2,21,22,25,26)/t16-/m0/s1. The number of hydrogen-bond donors (Lipinski definition) is 2. The number of methoxy groups -OCH3 is 2. The van der Waals surface area contributed by atoms with Crippen molar-refractivity contribution in [3.63, 3.8) is 0 Å². The van der Waals surface area contributed by atoms with Gasteiger partial charge >= 0.3 is 6.03 Å². The number of thioether (sulfide) groups is 1. The number of aromatic nitrogens is 2. The van der Waals surface area contributed by atoms with Crippen LogP contribution in [0.4, 0.5) is 4.79 Å². The number of ether oxygens (including phenoxy) is 2. The third-order valence-electron chi connectivity index (χ3n) is 4.06. The van der Waals surface area contributed by atoms with Gasteiger partial charge in [0.15, 0.2) is 11.5 Å². The molecule has 156 valence electrons. The molecule has 0 spiro atoms. The predicted molar refractivity (Wildman–Crippen MR) is 110 cm³/mol. The van der Waals surface area contributed by atoms with Crippen LogP contribution in [0.2, 0.25) is 0 Å². The predicted octanol–water partition coefficient (Wildman–Crippen LogP) is 3.04. The minimum absolute atomic E-state index is 0.181. The first kappa shape index (κ1) is 21.2. The Bertz CT molecular complexity index is 1030. The summed E-state index contributed by atoms with van der Waals surface area (Å²) in [6.45, 7) is 0. The maximum atomic E-state index is 12.6. The highest BCUT2D eigenvalue weighted by molar-refractivity contribution is 8.00. The van der Waals surface area contributed by atoms with Crippen molar-refractivity contribution in [2.45, 2.75) is 10.5 Å². The second-order valence-electron chi connectivity index (χ2n) is 5.92. The van der Waals surface area contributed by atoms with E-state index in [-0.39, 0.29) is 11.1 Å². The van der Waals surface area contributed by atoms with Gasteiger partial charge in [-0.15, -0.1) is 10.2 Å². The largest absolute Gasteiger partial charge is 0.493 e. The van der Waals surface area contributed by atoms with Crippen LogP contribution in [0.25, 0.3) is 11.5 Å². The first-order valence-corrected chi connectivity index (χ1v) is 9.73. The molecule has 1 heterocycles. The highest BCUT2D eigenvalue weighted by Gasteiger charge is 2.26. The molecule has 0 saturated carbocycles. The van der Waals surface area contributed by atoms with Gasteiger partial charge in [-0.1, -0.05) is 30.3 Å². The van der Waals surface area contributed by atoms with E-state index in [1.165, 1.54) is 14.2 Å². The maximum Gasteiger partial charge on any atom is 0.321 e. The quantitative estimate of drug-likeness (QED) is 0.552. The molecule has 0 saturated heterocycles. The zero-order chi connectivity index (χ0) is 21.5. The molecule has 1 atom stereocenters.